The van der Waals surface area contributed by atoms with Gasteiger partial charge in [-0.05, 0) is 0 Å². The molecule has 0 amide bonds. The Bertz CT molecular complexity index is 379. The molecule has 0 aromatic heterocycles. The van der Waals surface area contributed by atoms with Crippen LogP contribution in [0.15, 0.2) is 0 Å². The first-order valence-electron chi connectivity index (χ1n) is 6.78. The van der Waals surface area contributed by atoms with Crippen molar-refractivity contribution >= 4 is 0 Å². The van der Waals surface area contributed by atoms with Crippen LogP contribution in [0.2, 0.25) is 0 Å². The van der Waals surface area contributed by atoms with Crippen LogP contribution in [0, 0.1) is 6.10 Å². The second-order valence-electron chi connectivity index (χ2n) is 5.45. The Morgan fingerprint density at radius 3 is 1.86 bits per heavy atom. The zero-order valence-corrected chi connectivity index (χ0v) is 11.6. The highest BCUT2D eigenvalue weighted by atomic mass is 16.6. The Kier molecular flexibility index (Phi) is 5.39. The molecule has 1 unspecified atom stereocenters. The van der Waals surface area contributed by atoms with Gasteiger partial charge in [0.25, 0.3) is 0 Å². The molecule has 2 heterocycles. The molecule has 2 aliphatic heterocycles. The van der Waals surface area contributed by atoms with Crippen molar-refractivity contribution in [3.63, 3.8) is 0 Å². The van der Waals surface area contributed by atoms with E-state index in [9.17, 15) is 30.6 Å². The van der Waals surface area contributed by atoms with Gasteiger partial charge in [-0.25, -0.2) is 0 Å². The van der Waals surface area contributed by atoms with E-state index in [1.165, 1.54) is 0 Å². The van der Waals surface area contributed by atoms with E-state index < -0.39 is 74.3 Å². The lowest BCUT2D eigenvalue weighted by Crippen LogP contribution is -2.64. The topological polar surface area (TPSA) is 180 Å². The van der Waals surface area contributed by atoms with Crippen molar-refractivity contribution in [3.8, 4) is 0 Å². The van der Waals surface area contributed by atoms with Crippen molar-refractivity contribution < 1.29 is 50.3 Å². The molecule has 2 rings (SSSR count). The third-order valence-electron chi connectivity index (χ3n) is 4.16. The fourth-order valence-corrected chi connectivity index (χ4v) is 2.81. The molecule has 1 radical (unpaired) electrons. The zero-order valence-electron chi connectivity index (χ0n) is 11.6. The molecule has 0 aromatic rings. The van der Waals surface area contributed by atoms with Crippen molar-refractivity contribution in [2.75, 3.05) is 19.8 Å². The third kappa shape index (κ3) is 2.55. The largest absolute Gasteiger partial charge is 0.394 e. The number of rotatable bonds is 4. The average Bonchev–Trinajstić information content (AvgIpc) is 2.78. The fraction of sp³-hybridized carbons (Fsp3) is 0.917. The molecule has 0 aliphatic carbocycles. The summed E-state index contributed by atoms with van der Waals surface area (Å²) in [6.45, 7) is -2.31. The summed E-state index contributed by atoms with van der Waals surface area (Å²) in [5, 5.41) is 77.4. The van der Waals surface area contributed by atoms with Crippen LogP contribution >= 0.6 is 0 Å². The van der Waals surface area contributed by atoms with Gasteiger partial charge in [-0.2, -0.15) is 0 Å². The number of aliphatic hydroxyl groups excluding tert-OH is 8. The molecule has 10 heteroatoms. The Morgan fingerprint density at radius 2 is 1.41 bits per heavy atom. The van der Waals surface area contributed by atoms with Gasteiger partial charge in [-0.1, -0.05) is 0 Å². The summed E-state index contributed by atoms with van der Waals surface area (Å²) in [4.78, 5) is 0. The lowest BCUT2D eigenvalue weighted by molar-refractivity contribution is -0.244. The summed E-state index contributed by atoms with van der Waals surface area (Å²) in [5.74, 6) is 0. The number of aliphatic hydroxyl groups is 8. The first-order chi connectivity index (χ1) is 10.3. The van der Waals surface area contributed by atoms with Gasteiger partial charge in [-0.15, -0.1) is 0 Å². The molecule has 0 bridgehead atoms. The van der Waals surface area contributed by atoms with Crippen LogP contribution in [-0.4, -0.2) is 109 Å². The highest BCUT2D eigenvalue weighted by Gasteiger charge is 2.64. The van der Waals surface area contributed by atoms with Crippen molar-refractivity contribution in [1.29, 1.82) is 0 Å². The van der Waals surface area contributed by atoms with Gasteiger partial charge in [0.15, 0.2) is 11.7 Å². The Labute approximate surface area is 125 Å². The SMILES string of the molecule is OC[C@H]1OC(CO)([C]2O[C@H](CO)[C@@H](O)[C@H](O)[C@H]2O)[C@@H](O)[C@@H]1O. The van der Waals surface area contributed by atoms with E-state index in [1.807, 2.05) is 0 Å². The fourth-order valence-electron chi connectivity index (χ4n) is 2.81. The molecule has 22 heavy (non-hydrogen) atoms. The number of hydrogen-bond acceptors (Lipinski definition) is 10. The maximum absolute atomic E-state index is 10.1. The van der Waals surface area contributed by atoms with Crippen LogP contribution in [-0.2, 0) is 9.47 Å². The minimum atomic E-state index is -2.11. The standard InChI is InChI=1S/C12H21O10/c13-1-4-6(16)8(18)9(19)11(21-4)12(3-15)10(20)7(17)5(2-14)22-12/h4-10,13-20H,1-3H2/t4-,5-,6-,7-,8+,9-,10+,12?/m1/s1. The Balaban J connectivity index is 2.33. The second-order valence-corrected chi connectivity index (χ2v) is 5.45. The Morgan fingerprint density at radius 1 is 0.818 bits per heavy atom. The molecule has 8 atom stereocenters. The molecule has 129 valence electrons. The number of hydrogen-bond donors (Lipinski definition) is 8. The van der Waals surface area contributed by atoms with Gasteiger partial charge in [0, 0.05) is 0 Å². The lowest BCUT2D eigenvalue weighted by Gasteiger charge is -2.46. The van der Waals surface area contributed by atoms with Crippen molar-refractivity contribution in [2.24, 2.45) is 0 Å². The van der Waals surface area contributed by atoms with Crippen LogP contribution in [0.1, 0.15) is 0 Å². The molecule has 0 spiro atoms. The average molecular weight is 325 g/mol. The Hall–Kier alpha value is -0.400. The second kappa shape index (κ2) is 6.61. The quantitative estimate of drug-likeness (QED) is 0.249. The first-order valence-corrected chi connectivity index (χ1v) is 6.78. The van der Waals surface area contributed by atoms with Crippen LogP contribution in [0.3, 0.4) is 0 Å². The highest BCUT2D eigenvalue weighted by molar-refractivity contribution is 5.21. The summed E-state index contributed by atoms with van der Waals surface area (Å²) >= 11 is 0. The normalized spacial score (nSPS) is 50.5. The summed E-state index contributed by atoms with van der Waals surface area (Å²) in [5.41, 5.74) is -2.11. The molecule has 0 aromatic carbocycles. The summed E-state index contributed by atoms with van der Waals surface area (Å²) in [7, 11) is 0. The summed E-state index contributed by atoms with van der Waals surface area (Å²) in [6.07, 6.45) is -11.6. The van der Waals surface area contributed by atoms with Gasteiger partial charge in [0.1, 0.15) is 42.7 Å². The third-order valence-corrected chi connectivity index (χ3v) is 4.16. The molecule has 8 N–H and O–H groups in total. The minimum Gasteiger partial charge on any atom is -0.394 e. The minimum absolute atomic E-state index is 0.533. The van der Waals surface area contributed by atoms with Crippen LogP contribution < -0.4 is 0 Å². The van der Waals surface area contributed by atoms with Gasteiger partial charge >= 0.3 is 0 Å². The number of ether oxygens (including phenoxy) is 2. The zero-order chi connectivity index (χ0) is 16.7. The smallest absolute Gasteiger partial charge is 0.165 e. The molecular formula is C12H21O10. The summed E-state index contributed by atoms with van der Waals surface area (Å²) in [6, 6.07) is 0. The van der Waals surface area contributed by atoms with Crippen molar-refractivity contribution in [2.45, 2.75) is 48.3 Å². The maximum Gasteiger partial charge on any atom is 0.165 e. The predicted molar refractivity (Wildman–Crippen MR) is 67.0 cm³/mol. The molecule has 2 aliphatic rings. The van der Waals surface area contributed by atoms with E-state index in [4.69, 9.17) is 19.7 Å². The van der Waals surface area contributed by atoms with E-state index in [-0.39, 0.29) is 0 Å². The van der Waals surface area contributed by atoms with E-state index in [2.05, 4.69) is 0 Å². The molecular weight excluding hydrogens is 304 g/mol. The van der Waals surface area contributed by atoms with E-state index in [0.717, 1.165) is 0 Å². The highest BCUT2D eigenvalue weighted by Crippen LogP contribution is 2.44. The van der Waals surface area contributed by atoms with Crippen LogP contribution in [0.25, 0.3) is 0 Å². The van der Waals surface area contributed by atoms with Gasteiger partial charge in [0.2, 0.25) is 0 Å². The van der Waals surface area contributed by atoms with Crippen molar-refractivity contribution in [3.05, 3.63) is 6.10 Å². The van der Waals surface area contributed by atoms with Crippen LogP contribution in [0.5, 0.6) is 0 Å². The van der Waals surface area contributed by atoms with Crippen molar-refractivity contribution in [1.82, 2.24) is 0 Å². The van der Waals surface area contributed by atoms with Crippen LogP contribution in [0.4, 0.5) is 0 Å². The van der Waals surface area contributed by atoms with Gasteiger partial charge in [0.05, 0.1) is 19.8 Å². The monoisotopic (exact) mass is 325 g/mol. The predicted octanol–water partition coefficient (Wildman–Crippen LogP) is -5.16. The van der Waals surface area contributed by atoms with E-state index in [0.29, 0.717) is 0 Å². The van der Waals surface area contributed by atoms with E-state index in [1.54, 1.807) is 0 Å². The molecule has 10 nitrogen and oxygen atoms in total. The van der Waals surface area contributed by atoms with Gasteiger partial charge in [-0.3, -0.25) is 0 Å². The molecule has 0 saturated carbocycles. The van der Waals surface area contributed by atoms with E-state index >= 15 is 0 Å². The van der Waals surface area contributed by atoms with Gasteiger partial charge < -0.3 is 50.3 Å². The summed E-state index contributed by atoms with van der Waals surface area (Å²) < 4.78 is 10.5. The lowest BCUT2D eigenvalue weighted by atomic mass is 9.81. The molecule has 2 saturated heterocycles. The maximum atomic E-state index is 10.1. The first kappa shape index (κ1) is 17.9. The molecule has 2 fully saturated rings.